The van der Waals surface area contributed by atoms with E-state index in [0.717, 1.165) is 0 Å². The summed E-state index contributed by atoms with van der Waals surface area (Å²) in [5, 5.41) is 14.8. The quantitative estimate of drug-likeness (QED) is 0.260. The molecule has 6 heavy (non-hydrogen) atoms. The van der Waals surface area contributed by atoms with Crippen LogP contribution in [0.5, 0.6) is 0 Å². The maximum Gasteiger partial charge on any atom is 0.0689 e. The van der Waals surface area contributed by atoms with Gasteiger partial charge in [0.2, 0.25) is 0 Å². The molecule has 0 amide bonds. The van der Waals surface area contributed by atoms with Crippen LogP contribution in [-0.4, -0.2) is 34.6 Å². The van der Waals surface area contributed by atoms with Crippen molar-refractivity contribution in [3.8, 4) is 0 Å². The molecule has 5 nitrogen and oxygen atoms in total. The Labute approximate surface area is 56.3 Å². The summed E-state index contributed by atoms with van der Waals surface area (Å²) >= 11 is 0. The van der Waals surface area contributed by atoms with Crippen LogP contribution in [0.1, 0.15) is 0 Å². The van der Waals surface area contributed by atoms with Gasteiger partial charge >= 0.3 is 0 Å². The molecule has 0 bridgehead atoms. The van der Waals surface area contributed by atoms with Gasteiger partial charge in [-0.25, -0.2) is 0 Å². The number of nitrogens with zero attached hydrogens (tertiary/aromatic N) is 1. The first-order valence-corrected chi connectivity index (χ1v) is 0.548. The predicted molar refractivity (Wildman–Crippen MR) is 22.1 cm³/mol. The number of hydrogen-bond acceptors (Lipinski definition) is 3. The molecule has 0 aliphatic carbocycles. The molecular weight excluding hydrogens is 99.0 g/mol. The van der Waals surface area contributed by atoms with E-state index in [2.05, 4.69) is 0 Å². The topological polar surface area (TPSA) is 103 Å². The summed E-state index contributed by atoms with van der Waals surface area (Å²) in [7, 11) is 0. The number of rotatable bonds is 0. The Hall–Kier alpha value is 0.160. The third-order valence-corrected chi connectivity index (χ3v) is 0. The SMILES string of the molecule is O=[N+]([O-])[O-].[NH4+].[Na]. The molecule has 4 N–H and O–H groups in total. The van der Waals surface area contributed by atoms with Crippen molar-refractivity contribution in [2.45, 2.75) is 0 Å². The zero-order valence-electron chi connectivity index (χ0n) is 3.67. The molecule has 0 rings (SSSR count). The maximum atomic E-state index is 8.25. The van der Waals surface area contributed by atoms with Gasteiger partial charge in [-0.15, -0.1) is 0 Å². The summed E-state index contributed by atoms with van der Waals surface area (Å²) in [5.41, 5.74) is 0. The molecule has 0 aromatic rings. The van der Waals surface area contributed by atoms with Crippen LogP contribution in [0, 0.1) is 15.3 Å². The minimum Gasteiger partial charge on any atom is -0.369 e. The average molecular weight is 103 g/mol. The third kappa shape index (κ3) is 1620. The monoisotopic (exact) mass is 103 g/mol. The molecule has 1 radical (unpaired) electrons. The average Bonchev–Trinajstić information content (AvgIpc) is 0.811. The van der Waals surface area contributed by atoms with E-state index in [9.17, 15) is 0 Å². The molecule has 0 heterocycles. The molecule has 0 saturated heterocycles. The van der Waals surface area contributed by atoms with Crippen LogP contribution in [0.3, 0.4) is 0 Å². The van der Waals surface area contributed by atoms with Crippen molar-refractivity contribution in [2.24, 2.45) is 0 Å². The maximum absolute atomic E-state index is 8.25. The molecule has 0 aliphatic rings. The summed E-state index contributed by atoms with van der Waals surface area (Å²) in [5.74, 6) is 0. The molecule has 6 heteroatoms. The van der Waals surface area contributed by atoms with Gasteiger partial charge in [-0.05, 0) is 0 Å². The van der Waals surface area contributed by atoms with Crippen LogP contribution in [0.25, 0.3) is 0 Å². The molecule has 0 aliphatic heterocycles. The molecule has 0 fully saturated rings. The Morgan fingerprint density at radius 2 is 1.33 bits per heavy atom. The van der Waals surface area contributed by atoms with E-state index in [4.69, 9.17) is 15.3 Å². The standard InChI is InChI=1S/NO3.H3N.Na/c2-1(3)4;;/h;1H3;/q-1;;/p+1. The fraction of sp³-hybridized carbons (Fsp3) is 0. The summed E-state index contributed by atoms with van der Waals surface area (Å²) in [6.07, 6.45) is 0. The van der Waals surface area contributed by atoms with Crippen molar-refractivity contribution in [3.05, 3.63) is 15.3 Å². The van der Waals surface area contributed by atoms with Crippen molar-refractivity contribution < 1.29 is 5.09 Å². The van der Waals surface area contributed by atoms with E-state index >= 15 is 0 Å². The van der Waals surface area contributed by atoms with Crippen molar-refractivity contribution >= 4 is 29.6 Å². The van der Waals surface area contributed by atoms with Gasteiger partial charge < -0.3 is 21.5 Å². The smallest absolute Gasteiger partial charge is 0.0689 e. The van der Waals surface area contributed by atoms with Gasteiger partial charge in [-0.2, -0.15) is 0 Å². The summed E-state index contributed by atoms with van der Waals surface area (Å²) in [6, 6.07) is 0. The normalized spacial score (nSPS) is 4.00. The molecule has 0 aromatic heterocycles. The number of quaternary nitrogens is 1. The van der Waals surface area contributed by atoms with Gasteiger partial charge in [0.15, 0.2) is 0 Å². The zero-order valence-corrected chi connectivity index (χ0v) is 5.67. The van der Waals surface area contributed by atoms with Crippen molar-refractivity contribution in [3.63, 3.8) is 0 Å². The van der Waals surface area contributed by atoms with E-state index in [0.29, 0.717) is 0 Å². The van der Waals surface area contributed by atoms with Crippen LogP contribution in [0.2, 0.25) is 0 Å². The van der Waals surface area contributed by atoms with E-state index in [1.54, 1.807) is 0 Å². The molecule has 33 valence electrons. The minimum absolute atomic E-state index is 0. The summed E-state index contributed by atoms with van der Waals surface area (Å²) in [4.78, 5) is 8.25. The van der Waals surface area contributed by atoms with Crippen molar-refractivity contribution in [1.82, 2.24) is 6.15 Å². The van der Waals surface area contributed by atoms with Crippen molar-refractivity contribution in [2.75, 3.05) is 0 Å². The predicted octanol–water partition coefficient (Wildman–Crippen LogP) is -0.244. The zero-order chi connectivity index (χ0) is 3.58. The first-order valence-electron chi connectivity index (χ1n) is 0.548. The van der Waals surface area contributed by atoms with Crippen LogP contribution >= 0.6 is 0 Å². The van der Waals surface area contributed by atoms with Crippen LogP contribution in [-0.2, 0) is 0 Å². The summed E-state index contributed by atoms with van der Waals surface area (Å²) in [6.45, 7) is 0. The van der Waals surface area contributed by atoms with Gasteiger partial charge in [0.25, 0.3) is 0 Å². The van der Waals surface area contributed by atoms with E-state index < -0.39 is 5.09 Å². The second-order valence-corrected chi connectivity index (χ2v) is 0.224. The second kappa shape index (κ2) is 8.94. The van der Waals surface area contributed by atoms with Gasteiger partial charge in [-0.3, -0.25) is 0 Å². The Bertz CT molecular complexity index is 31.8. The van der Waals surface area contributed by atoms with Gasteiger partial charge in [0.1, 0.15) is 0 Å². The molecular formula is H4N2NaO3. The van der Waals surface area contributed by atoms with Crippen molar-refractivity contribution in [1.29, 1.82) is 0 Å². The van der Waals surface area contributed by atoms with Crippen LogP contribution in [0.4, 0.5) is 0 Å². The molecule has 0 unspecified atom stereocenters. The summed E-state index contributed by atoms with van der Waals surface area (Å²) < 4.78 is 0. The van der Waals surface area contributed by atoms with E-state index in [1.165, 1.54) is 0 Å². The Kier molecular flexibility index (Phi) is 24.5. The van der Waals surface area contributed by atoms with E-state index in [-0.39, 0.29) is 35.7 Å². The van der Waals surface area contributed by atoms with Gasteiger partial charge in [0.05, 0.1) is 5.09 Å². The van der Waals surface area contributed by atoms with Crippen LogP contribution < -0.4 is 6.15 Å². The molecule has 0 spiro atoms. The third-order valence-electron chi connectivity index (χ3n) is 0. The fourth-order valence-electron chi connectivity index (χ4n) is 0. The fourth-order valence-corrected chi connectivity index (χ4v) is 0. The Morgan fingerprint density at radius 3 is 1.33 bits per heavy atom. The Morgan fingerprint density at radius 1 is 1.33 bits per heavy atom. The molecule has 0 atom stereocenters. The first kappa shape index (κ1) is 16.4. The second-order valence-electron chi connectivity index (χ2n) is 0.224. The van der Waals surface area contributed by atoms with Gasteiger partial charge in [0, 0.05) is 29.6 Å². The first-order chi connectivity index (χ1) is 1.73. The molecule has 0 saturated carbocycles. The van der Waals surface area contributed by atoms with E-state index in [1.807, 2.05) is 0 Å². The largest absolute Gasteiger partial charge is 0.369 e. The van der Waals surface area contributed by atoms with Crippen LogP contribution in [0.15, 0.2) is 0 Å². The number of hydrogen-bond donors (Lipinski definition) is 1. The van der Waals surface area contributed by atoms with Gasteiger partial charge in [-0.1, -0.05) is 0 Å². The Balaban J connectivity index is -0.0000000450. The molecule has 0 aromatic carbocycles. The minimum atomic E-state index is -1.75.